The molecular weight excluding hydrogens is 469 g/mol. The fourth-order valence-corrected chi connectivity index (χ4v) is 5.29. The Labute approximate surface area is 191 Å². The Hall–Kier alpha value is -1.90. The smallest absolute Gasteiger partial charge is 0.270 e. The monoisotopic (exact) mass is 483 g/mol. The van der Waals surface area contributed by atoms with Gasteiger partial charge in [-0.05, 0) is 23.8 Å². The van der Waals surface area contributed by atoms with Crippen LogP contribution in [0, 0.1) is 10.1 Å². The molecule has 0 aliphatic carbocycles. The largest absolute Gasteiger partial charge is 0.335 e. The van der Waals surface area contributed by atoms with Gasteiger partial charge in [-0.1, -0.05) is 40.9 Å². The van der Waals surface area contributed by atoms with Crippen LogP contribution in [0.5, 0.6) is 0 Å². The van der Waals surface area contributed by atoms with Gasteiger partial charge in [-0.15, -0.1) is 11.3 Å². The van der Waals surface area contributed by atoms with E-state index in [0.29, 0.717) is 43.1 Å². The molecular formula is C20H16Cl3N3O3S. The number of hydrogen-bond donors (Lipinski definition) is 0. The average molecular weight is 485 g/mol. The van der Waals surface area contributed by atoms with E-state index in [1.54, 1.807) is 17.0 Å². The minimum Gasteiger partial charge on any atom is -0.335 e. The molecule has 2 aromatic carbocycles. The Kier molecular flexibility index (Phi) is 6.18. The first-order chi connectivity index (χ1) is 14.3. The number of carbonyl (C=O) groups is 1. The third kappa shape index (κ3) is 4.26. The van der Waals surface area contributed by atoms with E-state index in [0.717, 1.165) is 25.2 Å². The predicted octanol–water partition coefficient (Wildman–Crippen LogP) is 5.73. The van der Waals surface area contributed by atoms with Crippen molar-refractivity contribution in [1.82, 2.24) is 9.80 Å². The summed E-state index contributed by atoms with van der Waals surface area (Å²) in [5, 5.41) is 13.1. The Bertz CT molecular complexity index is 1140. The van der Waals surface area contributed by atoms with Crippen LogP contribution >= 0.6 is 46.1 Å². The first kappa shape index (κ1) is 21.3. The van der Waals surface area contributed by atoms with Gasteiger partial charge in [0.1, 0.15) is 4.88 Å². The molecule has 10 heteroatoms. The number of nitrogens with zero attached hydrogens (tertiary/aromatic N) is 3. The van der Waals surface area contributed by atoms with E-state index in [-0.39, 0.29) is 11.6 Å². The molecule has 0 saturated carbocycles. The minimum atomic E-state index is -0.457. The van der Waals surface area contributed by atoms with E-state index >= 15 is 0 Å². The third-order valence-corrected chi connectivity index (χ3v) is 7.45. The molecule has 1 aliphatic heterocycles. The number of carbonyl (C=O) groups excluding carboxylic acids is 1. The van der Waals surface area contributed by atoms with E-state index in [2.05, 4.69) is 4.90 Å². The van der Waals surface area contributed by atoms with E-state index < -0.39 is 4.92 Å². The van der Waals surface area contributed by atoms with E-state index in [1.807, 2.05) is 12.1 Å². The average Bonchev–Trinajstić information content (AvgIpc) is 3.06. The topological polar surface area (TPSA) is 66.7 Å². The van der Waals surface area contributed by atoms with Crippen LogP contribution < -0.4 is 0 Å². The normalized spacial score (nSPS) is 15.0. The van der Waals surface area contributed by atoms with Crippen molar-refractivity contribution in [3.63, 3.8) is 0 Å². The molecule has 0 radical (unpaired) electrons. The van der Waals surface area contributed by atoms with Gasteiger partial charge in [0.15, 0.2) is 0 Å². The number of non-ortho nitro benzene ring substituents is 1. The standard InChI is InChI=1S/C20H16Cl3N3O3S/c21-15-4-1-12(9-16(15)22)11-24-5-7-25(8-6-24)20(27)19-18(23)14-3-2-13(26(28)29)10-17(14)30-19/h1-4,9-10H,5-8,11H2. The van der Waals surface area contributed by atoms with Gasteiger partial charge in [0, 0.05) is 54.9 Å². The van der Waals surface area contributed by atoms with E-state index in [1.165, 1.54) is 23.5 Å². The van der Waals surface area contributed by atoms with Crippen molar-refractivity contribution >= 4 is 67.8 Å². The highest BCUT2D eigenvalue weighted by Crippen LogP contribution is 2.38. The van der Waals surface area contributed by atoms with Crippen LogP contribution in [-0.2, 0) is 6.54 Å². The number of amides is 1. The summed E-state index contributed by atoms with van der Waals surface area (Å²) in [6, 6.07) is 10.0. The second-order valence-corrected chi connectivity index (χ2v) is 9.24. The molecule has 1 aliphatic rings. The summed E-state index contributed by atoms with van der Waals surface area (Å²) >= 11 is 19.7. The number of rotatable bonds is 4. The molecule has 0 N–H and O–H groups in total. The van der Waals surface area contributed by atoms with Gasteiger partial charge in [0.25, 0.3) is 11.6 Å². The summed E-state index contributed by atoms with van der Waals surface area (Å²) in [6.45, 7) is 3.32. The summed E-state index contributed by atoms with van der Waals surface area (Å²) < 4.78 is 0.635. The highest BCUT2D eigenvalue weighted by atomic mass is 35.5. The molecule has 4 rings (SSSR count). The summed E-state index contributed by atoms with van der Waals surface area (Å²) in [4.78, 5) is 28.0. The number of hydrogen-bond acceptors (Lipinski definition) is 5. The number of benzene rings is 2. The van der Waals surface area contributed by atoms with Crippen LogP contribution in [0.3, 0.4) is 0 Å². The SMILES string of the molecule is O=C(c1sc2cc([N+](=O)[O-])ccc2c1Cl)N1CCN(Cc2ccc(Cl)c(Cl)c2)CC1. The molecule has 2 heterocycles. The molecule has 30 heavy (non-hydrogen) atoms. The predicted molar refractivity (Wildman–Crippen MR) is 121 cm³/mol. The van der Waals surface area contributed by atoms with E-state index in [9.17, 15) is 14.9 Å². The summed E-state index contributed by atoms with van der Waals surface area (Å²) in [6.07, 6.45) is 0. The van der Waals surface area contributed by atoms with Crippen molar-refractivity contribution in [3.8, 4) is 0 Å². The van der Waals surface area contributed by atoms with Crippen LogP contribution in [0.25, 0.3) is 10.1 Å². The molecule has 1 saturated heterocycles. The Morgan fingerprint density at radius 2 is 1.77 bits per heavy atom. The molecule has 1 amide bonds. The maximum atomic E-state index is 13.0. The lowest BCUT2D eigenvalue weighted by atomic mass is 10.2. The van der Waals surface area contributed by atoms with Gasteiger partial charge < -0.3 is 4.90 Å². The van der Waals surface area contributed by atoms with Crippen LogP contribution in [0.4, 0.5) is 5.69 Å². The number of fused-ring (bicyclic) bond motifs is 1. The van der Waals surface area contributed by atoms with Crippen molar-refractivity contribution < 1.29 is 9.72 Å². The fourth-order valence-electron chi connectivity index (χ4n) is 3.45. The van der Waals surface area contributed by atoms with Crippen molar-refractivity contribution in [2.75, 3.05) is 26.2 Å². The summed E-state index contributed by atoms with van der Waals surface area (Å²) in [5.41, 5.74) is 1.05. The maximum absolute atomic E-state index is 13.0. The van der Waals surface area contributed by atoms with Crippen LogP contribution in [0.1, 0.15) is 15.2 Å². The van der Waals surface area contributed by atoms with Crippen molar-refractivity contribution in [3.05, 3.63) is 72.0 Å². The summed E-state index contributed by atoms with van der Waals surface area (Å²) in [5.74, 6) is -0.141. The zero-order chi connectivity index (χ0) is 21.4. The second-order valence-electron chi connectivity index (χ2n) is 7.00. The minimum absolute atomic E-state index is 0.0182. The molecule has 1 fully saturated rings. The zero-order valence-electron chi connectivity index (χ0n) is 15.6. The van der Waals surface area contributed by atoms with Crippen LogP contribution in [0.15, 0.2) is 36.4 Å². The third-order valence-electron chi connectivity index (χ3n) is 5.07. The highest BCUT2D eigenvalue weighted by molar-refractivity contribution is 7.21. The molecule has 3 aromatic rings. The van der Waals surface area contributed by atoms with Crippen molar-refractivity contribution in [1.29, 1.82) is 0 Å². The maximum Gasteiger partial charge on any atom is 0.270 e. The molecule has 0 unspecified atom stereocenters. The number of nitro benzene ring substituents is 1. The van der Waals surface area contributed by atoms with Gasteiger partial charge in [-0.2, -0.15) is 0 Å². The molecule has 0 bridgehead atoms. The number of piperazine rings is 1. The molecule has 1 aromatic heterocycles. The Balaban J connectivity index is 1.44. The number of thiophene rings is 1. The highest BCUT2D eigenvalue weighted by Gasteiger charge is 2.26. The lowest BCUT2D eigenvalue weighted by Gasteiger charge is -2.34. The van der Waals surface area contributed by atoms with Gasteiger partial charge in [0.05, 0.1) is 20.0 Å². The molecule has 0 atom stereocenters. The second kappa shape index (κ2) is 8.69. The quantitative estimate of drug-likeness (QED) is 0.350. The van der Waals surface area contributed by atoms with Gasteiger partial charge >= 0.3 is 0 Å². The molecule has 6 nitrogen and oxygen atoms in total. The van der Waals surface area contributed by atoms with Crippen LogP contribution in [-0.4, -0.2) is 46.8 Å². The number of nitro groups is 1. The van der Waals surface area contributed by atoms with Gasteiger partial charge in [0.2, 0.25) is 0 Å². The van der Waals surface area contributed by atoms with Crippen LogP contribution in [0.2, 0.25) is 15.1 Å². The fraction of sp³-hybridized carbons (Fsp3) is 0.250. The van der Waals surface area contributed by atoms with E-state index in [4.69, 9.17) is 34.8 Å². The lowest BCUT2D eigenvalue weighted by Crippen LogP contribution is -2.48. The van der Waals surface area contributed by atoms with Crippen molar-refractivity contribution in [2.24, 2.45) is 0 Å². The Morgan fingerprint density at radius 3 is 2.43 bits per heavy atom. The number of halogens is 3. The van der Waals surface area contributed by atoms with Gasteiger partial charge in [-0.25, -0.2) is 0 Å². The molecule has 156 valence electrons. The summed E-state index contributed by atoms with van der Waals surface area (Å²) in [7, 11) is 0. The zero-order valence-corrected chi connectivity index (χ0v) is 18.7. The molecule has 0 spiro atoms. The lowest BCUT2D eigenvalue weighted by molar-refractivity contribution is -0.384. The van der Waals surface area contributed by atoms with Crippen molar-refractivity contribution in [2.45, 2.75) is 6.54 Å². The Morgan fingerprint density at radius 1 is 1.03 bits per heavy atom. The van der Waals surface area contributed by atoms with Gasteiger partial charge in [-0.3, -0.25) is 19.8 Å². The first-order valence-corrected chi connectivity index (χ1v) is 11.1. The first-order valence-electron chi connectivity index (χ1n) is 9.15.